The van der Waals surface area contributed by atoms with Crippen molar-refractivity contribution in [2.45, 2.75) is 11.6 Å². The zero-order valence-corrected chi connectivity index (χ0v) is 10.3. The van der Waals surface area contributed by atoms with Crippen LogP contribution in [0.4, 0.5) is 0 Å². The average Bonchev–Trinajstić information content (AvgIpc) is 2.21. The molecule has 1 aliphatic rings. The first kappa shape index (κ1) is 14.0. The smallest absolute Gasteiger partial charge is 0.419 e. The molecule has 0 atom stereocenters. The predicted octanol–water partition coefficient (Wildman–Crippen LogP) is 3.70. The van der Waals surface area contributed by atoms with E-state index in [0.29, 0.717) is 11.5 Å². The van der Waals surface area contributed by atoms with Crippen molar-refractivity contribution in [2.24, 2.45) is 0 Å². The number of benzene rings is 1. The maximum Gasteiger partial charge on any atom is 0.419 e. The first-order valence-corrected chi connectivity index (χ1v) is 4.19. The van der Waals surface area contributed by atoms with Crippen LogP contribution < -0.4 is 9.47 Å². The molecule has 0 saturated heterocycles. The average molecular weight is 278 g/mol. The molecule has 0 radical (unpaired) electrons. The van der Waals surface area contributed by atoms with Crippen LogP contribution in [0.2, 0.25) is 0 Å². The fourth-order valence-corrected chi connectivity index (χ4v) is 1.39. The second-order valence-electron chi connectivity index (χ2n) is 2.62. The van der Waals surface area contributed by atoms with Crippen LogP contribution in [0.3, 0.4) is 0 Å². The Morgan fingerprint density at radius 1 is 1.07 bits per heavy atom. The third-order valence-corrected chi connectivity index (χ3v) is 1.87. The van der Waals surface area contributed by atoms with E-state index in [1.807, 2.05) is 19.1 Å². The maximum atomic E-state index is 5.61. The minimum atomic E-state index is -1.56. The number of aryl methyl sites for hydroxylation is 1. The topological polar surface area (TPSA) is 18.5 Å². The summed E-state index contributed by atoms with van der Waals surface area (Å²) in [5, 5.41) is 0. The van der Waals surface area contributed by atoms with Crippen molar-refractivity contribution in [2.75, 3.05) is 0 Å². The van der Waals surface area contributed by atoms with Gasteiger partial charge in [-0.15, -0.1) is 24.8 Å². The molecule has 1 aromatic rings. The van der Waals surface area contributed by atoms with Crippen LogP contribution in [0.15, 0.2) is 18.2 Å². The highest BCUT2D eigenvalue weighted by Gasteiger charge is 2.37. The number of halogens is 4. The molecule has 0 aliphatic carbocycles. The van der Waals surface area contributed by atoms with Gasteiger partial charge in [-0.25, -0.2) is 0 Å². The van der Waals surface area contributed by atoms with Crippen LogP contribution >= 0.6 is 48.0 Å². The summed E-state index contributed by atoms with van der Waals surface area (Å²) in [6.45, 7) is 1.95. The van der Waals surface area contributed by atoms with Gasteiger partial charge >= 0.3 is 4.71 Å². The van der Waals surface area contributed by atoms with Gasteiger partial charge in [-0.3, -0.25) is 0 Å². The Kier molecular flexibility index (Phi) is 4.66. The van der Waals surface area contributed by atoms with E-state index >= 15 is 0 Å². The molecule has 1 aliphatic heterocycles. The second-order valence-corrected chi connectivity index (χ2v) is 3.81. The Hall–Kier alpha value is -0.0200. The molecule has 0 saturated carbocycles. The highest BCUT2D eigenvalue weighted by Crippen LogP contribution is 2.43. The summed E-state index contributed by atoms with van der Waals surface area (Å²) in [7, 11) is 0. The van der Waals surface area contributed by atoms with Gasteiger partial charge in [0.15, 0.2) is 11.5 Å². The fraction of sp³-hybridized carbons (Fsp3) is 0.250. The number of alkyl halides is 2. The number of hydrogen-bond donors (Lipinski definition) is 0. The Balaban J connectivity index is 0.000000845. The molecule has 0 unspecified atom stereocenters. The van der Waals surface area contributed by atoms with Gasteiger partial charge < -0.3 is 9.47 Å². The van der Waals surface area contributed by atoms with E-state index in [9.17, 15) is 0 Å². The largest absolute Gasteiger partial charge is 0.423 e. The van der Waals surface area contributed by atoms with Gasteiger partial charge in [0, 0.05) is 0 Å². The van der Waals surface area contributed by atoms with Gasteiger partial charge in [0.05, 0.1) is 0 Å². The third-order valence-electron chi connectivity index (χ3n) is 1.56. The summed E-state index contributed by atoms with van der Waals surface area (Å²) in [5.41, 5.74) is 1.07. The quantitative estimate of drug-likeness (QED) is 0.674. The van der Waals surface area contributed by atoms with Gasteiger partial charge in [0.1, 0.15) is 0 Å². The van der Waals surface area contributed by atoms with E-state index < -0.39 is 4.71 Å². The Labute approximate surface area is 104 Å². The van der Waals surface area contributed by atoms with Gasteiger partial charge in [-0.05, 0) is 47.8 Å². The Morgan fingerprint density at radius 3 is 2.29 bits per heavy atom. The molecular weight excluding hydrogens is 270 g/mol. The highest BCUT2D eigenvalue weighted by molar-refractivity contribution is 6.46. The lowest BCUT2D eigenvalue weighted by molar-refractivity contribution is 0.0849. The van der Waals surface area contributed by atoms with E-state index in [1.165, 1.54) is 0 Å². The minimum Gasteiger partial charge on any atom is -0.423 e. The van der Waals surface area contributed by atoms with Crippen LogP contribution in [0, 0.1) is 6.92 Å². The van der Waals surface area contributed by atoms with Gasteiger partial charge in [-0.1, -0.05) is 6.07 Å². The zero-order chi connectivity index (χ0) is 8.77. The number of rotatable bonds is 0. The van der Waals surface area contributed by atoms with Crippen LogP contribution in [-0.4, -0.2) is 4.71 Å². The predicted molar refractivity (Wildman–Crippen MR) is 61.4 cm³/mol. The van der Waals surface area contributed by atoms with Crippen LogP contribution in [0.25, 0.3) is 0 Å². The van der Waals surface area contributed by atoms with Crippen molar-refractivity contribution >= 4 is 48.0 Å². The Bertz CT molecular complexity index is 327. The van der Waals surface area contributed by atoms with E-state index in [4.69, 9.17) is 32.7 Å². The lowest BCUT2D eigenvalue weighted by Crippen LogP contribution is -2.22. The van der Waals surface area contributed by atoms with Crippen molar-refractivity contribution in [3.8, 4) is 11.5 Å². The first-order chi connectivity index (χ1) is 5.57. The van der Waals surface area contributed by atoms with Gasteiger partial charge in [-0.2, -0.15) is 0 Å². The number of hydrogen-bond acceptors (Lipinski definition) is 2. The molecule has 2 rings (SSSR count). The molecule has 0 bridgehead atoms. The van der Waals surface area contributed by atoms with Crippen LogP contribution in [0.1, 0.15) is 5.56 Å². The monoisotopic (exact) mass is 276 g/mol. The van der Waals surface area contributed by atoms with Crippen molar-refractivity contribution in [1.82, 2.24) is 0 Å². The Morgan fingerprint density at radius 2 is 1.64 bits per heavy atom. The van der Waals surface area contributed by atoms with Crippen LogP contribution in [-0.2, 0) is 0 Å². The molecule has 0 aromatic heterocycles. The molecule has 6 heteroatoms. The van der Waals surface area contributed by atoms with E-state index in [1.54, 1.807) is 6.07 Å². The van der Waals surface area contributed by atoms with E-state index in [2.05, 4.69) is 0 Å². The standard InChI is InChI=1S/C8H6Cl2O2.2ClH/c1-5-2-3-6-7(4-5)12-8(9,10)11-6;;/h2-4H,1H3;2*1H. The fourth-order valence-electron chi connectivity index (χ4n) is 1.06. The lowest BCUT2D eigenvalue weighted by atomic mass is 10.2. The summed E-state index contributed by atoms with van der Waals surface area (Å²) >= 11 is 11.2. The second kappa shape index (κ2) is 4.67. The summed E-state index contributed by atoms with van der Waals surface area (Å²) in [6.07, 6.45) is 0. The van der Waals surface area contributed by atoms with Crippen molar-refractivity contribution in [3.05, 3.63) is 23.8 Å². The normalized spacial score (nSPS) is 15.4. The van der Waals surface area contributed by atoms with Gasteiger partial charge in [0.25, 0.3) is 0 Å². The minimum absolute atomic E-state index is 0. The van der Waals surface area contributed by atoms with E-state index in [-0.39, 0.29) is 24.8 Å². The SMILES string of the molecule is Cc1ccc2c(c1)OC(Cl)(Cl)O2.Cl.Cl. The van der Waals surface area contributed by atoms with Gasteiger partial charge in [0.2, 0.25) is 0 Å². The molecule has 1 heterocycles. The number of fused-ring (bicyclic) bond motifs is 1. The highest BCUT2D eigenvalue weighted by atomic mass is 35.5. The molecule has 80 valence electrons. The summed E-state index contributed by atoms with van der Waals surface area (Å²) in [5.74, 6) is 1.16. The molecular formula is C8H8Cl4O2. The molecule has 0 spiro atoms. The van der Waals surface area contributed by atoms with Crippen molar-refractivity contribution in [1.29, 1.82) is 0 Å². The summed E-state index contributed by atoms with van der Waals surface area (Å²) < 4.78 is 8.58. The summed E-state index contributed by atoms with van der Waals surface area (Å²) in [4.78, 5) is 0. The molecule has 1 aromatic carbocycles. The molecule has 0 N–H and O–H groups in total. The third kappa shape index (κ3) is 2.74. The lowest BCUT2D eigenvalue weighted by Gasteiger charge is -2.09. The zero-order valence-electron chi connectivity index (χ0n) is 7.12. The molecule has 0 amide bonds. The van der Waals surface area contributed by atoms with E-state index in [0.717, 1.165) is 5.56 Å². The maximum absolute atomic E-state index is 5.61. The van der Waals surface area contributed by atoms with Crippen molar-refractivity contribution < 1.29 is 9.47 Å². The number of ether oxygens (including phenoxy) is 2. The molecule has 2 nitrogen and oxygen atoms in total. The first-order valence-electron chi connectivity index (χ1n) is 3.43. The summed E-state index contributed by atoms with van der Waals surface area (Å²) in [6, 6.07) is 5.50. The van der Waals surface area contributed by atoms with Crippen LogP contribution in [0.5, 0.6) is 11.5 Å². The molecule has 0 fully saturated rings. The van der Waals surface area contributed by atoms with Crippen molar-refractivity contribution in [3.63, 3.8) is 0 Å². The molecule has 14 heavy (non-hydrogen) atoms.